The molecule has 2 aromatic rings. The number of amides is 4. The molecule has 0 spiro atoms. The minimum atomic E-state index is -4.29. The van der Waals surface area contributed by atoms with Crippen LogP contribution in [0, 0.1) is 0 Å². The highest BCUT2D eigenvalue weighted by molar-refractivity contribution is 7.85. The normalized spacial score (nSPS) is 12.8. The lowest BCUT2D eigenvalue weighted by Gasteiger charge is -2.30. The Labute approximate surface area is 269 Å². The average molecular weight is 662 g/mol. The molecular formula is C31H43N5O9S. The van der Waals surface area contributed by atoms with Gasteiger partial charge in [0.1, 0.15) is 12.1 Å². The topological polar surface area (TPSA) is 211 Å². The number of carbonyl (C=O) groups is 5. The molecule has 0 aliphatic heterocycles. The Bertz CT molecular complexity index is 1420. The third-order valence-corrected chi connectivity index (χ3v) is 7.83. The first-order chi connectivity index (χ1) is 21.6. The van der Waals surface area contributed by atoms with Crippen molar-refractivity contribution >= 4 is 39.7 Å². The Kier molecular flexibility index (Phi) is 15.3. The number of hydrogen-bond donors (Lipinski definition) is 5. The molecule has 0 fully saturated rings. The van der Waals surface area contributed by atoms with Gasteiger partial charge in [0.05, 0.1) is 50.4 Å². The maximum atomic E-state index is 13.0. The van der Waals surface area contributed by atoms with Gasteiger partial charge in [-0.3, -0.25) is 19.2 Å². The van der Waals surface area contributed by atoms with Crippen molar-refractivity contribution in [1.29, 1.82) is 0 Å². The molecule has 5 N–H and O–H groups in total. The molecule has 4 amide bonds. The maximum absolute atomic E-state index is 13.0. The summed E-state index contributed by atoms with van der Waals surface area (Å²) in [5, 5.41) is 19.3. The molecule has 0 saturated heterocycles. The number of nitrogens with one attached hydrogen (secondary N) is 4. The van der Waals surface area contributed by atoms with Gasteiger partial charge in [0.15, 0.2) is 0 Å². The molecule has 0 saturated carbocycles. The van der Waals surface area contributed by atoms with Crippen LogP contribution in [0.2, 0.25) is 0 Å². The van der Waals surface area contributed by atoms with Crippen LogP contribution >= 0.6 is 0 Å². The van der Waals surface area contributed by atoms with Crippen LogP contribution in [-0.4, -0.2) is 110 Å². The van der Waals surface area contributed by atoms with Crippen LogP contribution < -0.4 is 21.3 Å². The lowest BCUT2D eigenvalue weighted by atomic mass is 10.0. The zero-order chi connectivity index (χ0) is 34.2. The molecular weight excluding hydrogens is 618 g/mol. The molecule has 14 nitrogen and oxygen atoms in total. The van der Waals surface area contributed by atoms with Gasteiger partial charge in [-0.1, -0.05) is 60.7 Å². The Morgan fingerprint density at radius 3 is 1.78 bits per heavy atom. The minimum Gasteiger partial charge on any atom is -0.748 e. The molecule has 0 heterocycles. The molecule has 0 aromatic heterocycles. The molecule has 0 aliphatic rings. The van der Waals surface area contributed by atoms with Gasteiger partial charge in [-0.2, -0.15) is 0 Å². The minimum absolute atomic E-state index is 0.0618. The number of carbonyl (C=O) groups excluding carboxylic acids is 4. The molecule has 46 heavy (non-hydrogen) atoms. The summed E-state index contributed by atoms with van der Waals surface area (Å²) in [7, 11) is -0.555. The van der Waals surface area contributed by atoms with E-state index >= 15 is 0 Å². The van der Waals surface area contributed by atoms with Crippen molar-refractivity contribution in [2.45, 2.75) is 44.2 Å². The van der Waals surface area contributed by atoms with Gasteiger partial charge >= 0.3 is 5.97 Å². The highest BCUT2D eigenvalue weighted by atomic mass is 32.2. The fourth-order valence-corrected chi connectivity index (χ4v) is 5.08. The summed E-state index contributed by atoms with van der Waals surface area (Å²) in [6.07, 6.45) is 0.968. The van der Waals surface area contributed by atoms with Crippen LogP contribution in [0.5, 0.6) is 0 Å². The Balaban J connectivity index is 1.85. The third-order valence-electron chi connectivity index (χ3n) is 7.04. The smallest absolute Gasteiger partial charge is 0.326 e. The summed E-state index contributed by atoms with van der Waals surface area (Å²) in [5.74, 6) is -4.07. The summed E-state index contributed by atoms with van der Waals surface area (Å²) in [6, 6.07) is 15.5. The summed E-state index contributed by atoms with van der Waals surface area (Å²) in [4.78, 5) is 62.0. The number of rotatable bonds is 20. The van der Waals surface area contributed by atoms with E-state index in [4.69, 9.17) is 0 Å². The Hall–Kier alpha value is -4.34. The van der Waals surface area contributed by atoms with Crippen LogP contribution in [0.4, 0.5) is 0 Å². The van der Waals surface area contributed by atoms with Gasteiger partial charge in [0.2, 0.25) is 23.6 Å². The summed E-state index contributed by atoms with van der Waals surface area (Å²) in [5.41, 5.74) is 1.49. The first-order valence-corrected chi connectivity index (χ1v) is 16.4. The lowest BCUT2D eigenvalue weighted by Crippen LogP contribution is -2.51. The zero-order valence-electron chi connectivity index (χ0n) is 26.1. The van der Waals surface area contributed by atoms with Gasteiger partial charge in [0, 0.05) is 37.9 Å². The average Bonchev–Trinajstić information content (AvgIpc) is 2.98. The van der Waals surface area contributed by atoms with E-state index in [1.807, 2.05) is 20.2 Å². The molecule has 0 unspecified atom stereocenters. The fraction of sp³-hybridized carbons (Fsp3) is 0.452. The van der Waals surface area contributed by atoms with Crippen molar-refractivity contribution in [3.05, 3.63) is 71.8 Å². The van der Waals surface area contributed by atoms with Gasteiger partial charge < -0.3 is 35.4 Å². The Morgan fingerprint density at radius 2 is 1.24 bits per heavy atom. The van der Waals surface area contributed by atoms with E-state index in [1.165, 1.54) is 0 Å². The van der Waals surface area contributed by atoms with Crippen molar-refractivity contribution in [2.24, 2.45) is 0 Å². The molecule has 2 aromatic carbocycles. The summed E-state index contributed by atoms with van der Waals surface area (Å²) >= 11 is 0. The van der Waals surface area contributed by atoms with Gasteiger partial charge in [-0.15, -0.1) is 0 Å². The van der Waals surface area contributed by atoms with Crippen LogP contribution in [-0.2, 0) is 46.9 Å². The molecule has 2 rings (SSSR count). The number of benzene rings is 2. The predicted octanol–water partition coefficient (Wildman–Crippen LogP) is -0.450. The molecule has 15 heteroatoms. The third kappa shape index (κ3) is 16.1. The second kappa shape index (κ2) is 18.6. The number of carboxylic acids is 1. The predicted molar refractivity (Wildman–Crippen MR) is 168 cm³/mol. The second-order valence-electron chi connectivity index (χ2n) is 11.6. The monoisotopic (exact) mass is 661 g/mol. The molecule has 0 aliphatic carbocycles. The largest absolute Gasteiger partial charge is 0.748 e. The van der Waals surface area contributed by atoms with E-state index in [-0.39, 0.29) is 31.6 Å². The van der Waals surface area contributed by atoms with E-state index in [0.29, 0.717) is 29.6 Å². The van der Waals surface area contributed by atoms with Crippen molar-refractivity contribution in [3.63, 3.8) is 0 Å². The van der Waals surface area contributed by atoms with Crippen molar-refractivity contribution in [3.8, 4) is 0 Å². The molecule has 252 valence electrons. The van der Waals surface area contributed by atoms with E-state index in [1.54, 1.807) is 54.6 Å². The van der Waals surface area contributed by atoms with Gasteiger partial charge in [-0.05, 0) is 11.1 Å². The number of carboxylic acid groups (broad SMARTS) is 1. The first-order valence-electron chi connectivity index (χ1n) is 14.8. The maximum Gasteiger partial charge on any atom is 0.326 e. The number of quaternary nitrogens is 1. The lowest BCUT2D eigenvalue weighted by molar-refractivity contribution is -0.890. The molecule has 2 atom stereocenters. The zero-order valence-corrected chi connectivity index (χ0v) is 26.9. The quantitative estimate of drug-likeness (QED) is 0.0918. The highest BCUT2D eigenvalue weighted by Gasteiger charge is 2.24. The SMILES string of the molecule is C[N+](C)(CCCC(=O)N[C@@H](Cc1ccccc1)C(=O)NCC(=O)NCC(=O)N[C@@H](Cc1ccccc1)C(=O)O)CCCS(=O)(=O)[O-]. The molecule has 0 radical (unpaired) electrons. The number of aliphatic carboxylic acids is 1. The fourth-order valence-electron chi connectivity index (χ4n) is 4.60. The van der Waals surface area contributed by atoms with Crippen LogP contribution in [0.3, 0.4) is 0 Å². The van der Waals surface area contributed by atoms with Crippen molar-refractivity contribution < 1.29 is 46.5 Å². The van der Waals surface area contributed by atoms with E-state index < -0.39 is 64.7 Å². The Morgan fingerprint density at radius 1 is 0.739 bits per heavy atom. The summed E-state index contributed by atoms with van der Waals surface area (Å²) in [6.45, 7) is -0.00181. The first kappa shape index (κ1) is 37.8. The molecule has 0 bridgehead atoms. The highest BCUT2D eigenvalue weighted by Crippen LogP contribution is 2.07. The van der Waals surface area contributed by atoms with Crippen LogP contribution in [0.15, 0.2) is 60.7 Å². The number of hydrogen-bond acceptors (Lipinski definition) is 8. The standard InChI is InChI=1S/C31H43N5O9S/c1-36(2,17-10-18-46(43,44)45)16-9-15-27(37)34-25(19-23-11-5-3-6-12-23)30(40)33-21-28(38)32-22-29(39)35-26(31(41)42)20-24-13-7-4-8-14-24/h3-8,11-14,25-26H,9-10,15-22H2,1-2H3,(H5-,32,33,34,35,37,38,39,40,41,42,43,44,45)/t25-,26-/m0/s1. The van der Waals surface area contributed by atoms with Gasteiger partial charge in [0.25, 0.3) is 0 Å². The summed E-state index contributed by atoms with van der Waals surface area (Å²) < 4.78 is 33.0. The van der Waals surface area contributed by atoms with Crippen LogP contribution in [0.1, 0.15) is 30.4 Å². The second-order valence-corrected chi connectivity index (χ2v) is 13.1. The van der Waals surface area contributed by atoms with E-state index in [2.05, 4.69) is 21.3 Å². The van der Waals surface area contributed by atoms with Crippen molar-refractivity contribution in [1.82, 2.24) is 21.3 Å². The van der Waals surface area contributed by atoms with E-state index in [9.17, 15) is 42.0 Å². The van der Waals surface area contributed by atoms with Crippen molar-refractivity contribution in [2.75, 3.05) is 46.0 Å². The number of nitrogens with zero attached hydrogens (tertiary/aromatic N) is 1. The van der Waals surface area contributed by atoms with Crippen LogP contribution in [0.25, 0.3) is 0 Å². The van der Waals surface area contributed by atoms with E-state index in [0.717, 1.165) is 5.56 Å². The van der Waals surface area contributed by atoms with Gasteiger partial charge in [-0.25, -0.2) is 13.2 Å².